The summed E-state index contributed by atoms with van der Waals surface area (Å²) in [5, 5.41) is 0. The topological polar surface area (TPSA) is 35.5 Å². The molecule has 0 unspecified atom stereocenters. The number of hydrogen-bond acceptors (Lipinski definition) is 3. The summed E-state index contributed by atoms with van der Waals surface area (Å²) in [5.41, 5.74) is 2.16. The summed E-state index contributed by atoms with van der Waals surface area (Å²) in [5.74, 6) is 0.972. The van der Waals surface area contributed by atoms with Gasteiger partial charge in [0.2, 0.25) is 0 Å². The Labute approximate surface area is 140 Å². The molecule has 0 heterocycles. The number of halogens is 2. The molecule has 0 fully saturated rings. The summed E-state index contributed by atoms with van der Waals surface area (Å²) < 4.78 is 12.0. The molecular formula is C16H14Br2O3. The van der Waals surface area contributed by atoms with Crippen LogP contribution in [0.25, 0.3) is 0 Å². The number of benzene rings is 2. The summed E-state index contributed by atoms with van der Waals surface area (Å²) in [7, 11) is 3.10. The Kier molecular flexibility index (Phi) is 5.06. The quantitative estimate of drug-likeness (QED) is 0.677. The van der Waals surface area contributed by atoms with Gasteiger partial charge in [-0.1, -0.05) is 22.0 Å². The Hall–Kier alpha value is -1.33. The molecule has 0 aliphatic rings. The van der Waals surface area contributed by atoms with Crippen molar-refractivity contribution in [2.24, 2.45) is 0 Å². The maximum atomic E-state index is 12.7. The lowest BCUT2D eigenvalue weighted by molar-refractivity contribution is 0.103. The zero-order valence-electron chi connectivity index (χ0n) is 11.9. The molecule has 0 aliphatic heterocycles. The fourth-order valence-electron chi connectivity index (χ4n) is 2.02. The van der Waals surface area contributed by atoms with Gasteiger partial charge in [0.1, 0.15) is 16.0 Å². The van der Waals surface area contributed by atoms with Crippen LogP contribution in [0.3, 0.4) is 0 Å². The van der Waals surface area contributed by atoms with Crippen LogP contribution in [0, 0.1) is 6.92 Å². The van der Waals surface area contributed by atoms with E-state index >= 15 is 0 Å². The minimum absolute atomic E-state index is 0.109. The van der Waals surface area contributed by atoms with E-state index in [2.05, 4.69) is 31.9 Å². The predicted molar refractivity (Wildman–Crippen MR) is 89.6 cm³/mol. The smallest absolute Gasteiger partial charge is 0.197 e. The number of ketones is 1. The van der Waals surface area contributed by atoms with Gasteiger partial charge < -0.3 is 9.47 Å². The van der Waals surface area contributed by atoms with E-state index in [1.54, 1.807) is 25.3 Å². The maximum absolute atomic E-state index is 12.7. The van der Waals surface area contributed by atoms with E-state index in [9.17, 15) is 4.79 Å². The van der Waals surface area contributed by atoms with Crippen LogP contribution in [-0.4, -0.2) is 20.0 Å². The second kappa shape index (κ2) is 6.62. The van der Waals surface area contributed by atoms with Crippen molar-refractivity contribution in [2.75, 3.05) is 14.2 Å². The van der Waals surface area contributed by atoms with E-state index in [1.165, 1.54) is 7.11 Å². The molecule has 0 bridgehead atoms. The highest BCUT2D eigenvalue weighted by Crippen LogP contribution is 2.38. The van der Waals surface area contributed by atoms with E-state index in [-0.39, 0.29) is 5.78 Å². The van der Waals surface area contributed by atoms with Gasteiger partial charge in [0, 0.05) is 10.0 Å². The SMILES string of the molecule is COc1ccc(C(=O)c2ccc(C)cc2Br)c(OC)c1Br. The van der Waals surface area contributed by atoms with E-state index in [0.29, 0.717) is 27.1 Å². The number of carbonyl (C=O) groups is 1. The first-order chi connectivity index (χ1) is 9.99. The second-order valence-corrected chi connectivity index (χ2v) is 6.12. The standard InChI is InChI=1S/C16H14Br2O3/c1-9-4-5-10(12(17)8-9)15(19)11-6-7-13(20-2)14(18)16(11)21-3/h4-8H,1-3H3. The van der Waals surface area contributed by atoms with Gasteiger partial charge in [-0.05, 0) is 52.7 Å². The molecule has 0 spiro atoms. The molecule has 0 N–H and O–H groups in total. The Balaban J connectivity index is 2.55. The zero-order chi connectivity index (χ0) is 15.6. The second-order valence-electron chi connectivity index (χ2n) is 4.48. The molecule has 0 amide bonds. The van der Waals surface area contributed by atoms with E-state index in [0.717, 1.165) is 10.0 Å². The van der Waals surface area contributed by atoms with E-state index in [1.807, 2.05) is 19.1 Å². The molecular weight excluding hydrogens is 400 g/mol. The first kappa shape index (κ1) is 16.0. The molecule has 0 saturated carbocycles. The monoisotopic (exact) mass is 412 g/mol. The summed E-state index contributed by atoms with van der Waals surface area (Å²) in [4.78, 5) is 12.7. The fraction of sp³-hybridized carbons (Fsp3) is 0.188. The van der Waals surface area contributed by atoms with Crippen molar-refractivity contribution in [2.45, 2.75) is 6.92 Å². The van der Waals surface area contributed by atoms with Gasteiger partial charge in [0.25, 0.3) is 0 Å². The molecule has 2 aromatic rings. The van der Waals surface area contributed by atoms with Crippen molar-refractivity contribution in [1.82, 2.24) is 0 Å². The van der Waals surface area contributed by atoms with Crippen LogP contribution in [0.1, 0.15) is 21.5 Å². The highest BCUT2D eigenvalue weighted by Gasteiger charge is 2.21. The molecule has 110 valence electrons. The van der Waals surface area contributed by atoms with Crippen molar-refractivity contribution in [3.63, 3.8) is 0 Å². The number of ether oxygens (including phenoxy) is 2. The van der Waals surface area contributed by atoms with Crippen LogP contribution in [0.4, 0.5) is 0 Å². The van der Waals surface area contributed by atoms with Crippen LogP contribution in [0.5, 0.6) is 11.5 Å². The summed E-state index contributed by atoms with van der Waals surface area (Å²) in [6, 6.07) is 9.07. The third kappa shape index (κ3) is 3.14. The summed E-state index contributed by atoms with van der Waals surface area (Å²) in [6.45, 7) is 1.98. The third-order valence-electron chi connectivity index (χ3n) is 3.10. The van der Waals surface area contributed by atoms with Crippen LogP contribution in [-0.2, 0) is 0 Å². The lowest BCUT2D eigenvalue weighted by Crippen LogP contribution is -2.06. The van der Waals surface area contributed by atoms with Crippen molar-refractivity contribution in [3.05, 3.63) is 56.0 Å². The Morgan fingerprint density at radius 2 is 1.67 bits per heavy atom. The van der Waals surface area contributed by atoms with Gasteiger partial charge in [-0.15, -0.1) is 0 Å². The molecule has 0 atom stereocenters. The Morgan fingerprint density at radius 3 is 2.24 bits per heavy atom. The first-order valence-electron chi connectivity index (χ1n) is 6.21. The van der Waals surface area contributed by atoms with Crippen LogP contribution in [0.15, 0.2) is 39.3 Å². The molecule has 3 nitrogen and oxygen atoms in total. The highest BCUT2D eigenvalue weighted by molar-refractivity contribution is 9.11. The van der Waals surface area contributed by atoms with Crippen molar-refractivity contribution < 1.29 is 14.3 Å². The number of aryl methyl sites for hydroxylation is 1. The largest absolute Gasteiger partial charge is 0.495 e. The average molecular weight is 414 g/mol. The third-order valence-corrected chi connectivity index (χ3v) is 4.51. The number of carbonyl (C=O) groups excluding carboxylic acids is 1. The molecule has 0 saturated heterocycles. The van der Waals surface area contributed by atoms with Crippen molar-refractivity contribution >= 4 is 37.6 Å². The van der Waals surface area contributed by atoms with Crippen molar-refractivity contribution in [3.8, 4) is 11.5 Å². The van der Waals surface area contributed by atoms with E-state index in [4.69, 9.17) is 9.47 Å². The first-order valence-corrected chi connectivity index (χ1v) is 7.79. The maximum Gasteiger partial charge on any atom is 0.197 e. The van der Waals surface area contributed by atoms with Crippen LogP contribution < -0.4 is 9.47 Å². The minimum Gasteiger partial charge on any atom is -0.495 e. The van der Waals surface area contributed by atoms with Gasteiger partial charge in [-0.2, -0.15) is 0 Å². The predicted octanol–water partition coefficient (Wildman–Crippen LogP) is 4.77. The molecule has 5 heteroatoms. The van der Waals surface area contributed by atoms with Crippen molar-refractivity contribution in [1.29, 1.82) is 0 Å². The Morgan fingerprint density at radius 1 is 1.00 bits per heavy atom. The van der Waals surface area contributed by atoms with Crippen LogP contribution in [0.2, 0.25) is 0 Å². The summed E-state index contributed by atoms with van der Waals surface area (Å²) in [6.07, 6.45) is 0. The van der Waals surface area contributed by atoms with Gasteiger partial charge >= 0.3 is 0 Å². The lowest BCUT2D eigenvalue weighted by atomic mass is 10.0. The zero-order valence-corrected chi connectivity index (χ0v) is 15.0. The molecule has 0 aromatic heterocycles. The molecule has 0 radical (unpaired) electrons. The minimum atomic E-state index is -0.109. The van der Waals surface area contributed by atoms with Gasteiger partial charge in [-0.3, -0.25) is 4.79 Å². The number of rotatable bonds is 4. The Bertz CT molecular complexity index is 696. The lowest BCUT2D eigenvalue weighted by Gasteiger charge is -2.13. The number of hydrogen-bond donors (Lipinski definition) is 0. The molecule has 2 aromatic carbocycles. The van der Waals surface area contributed by atoms with Gasteiger partial charge in [0.15, 0.2) is 5.78 Å². The van der Waals surface area contributed by atoms with Gasteiger partial charge in [0.05, 0.1) is 19.8 Å². The number of methoxy groups -OCH3 is 2. The average Bonchev–Trinajstić information content (AvgIpc) is 2.46. The van der Waals surface area contributed by atoms with E-state index < -0.39 is 0 Å². The molecule has 0 aliphatic carbocycles. The highest BCUT2D eigenvalue weighted by atomic mass is 79.9. The van der Waals surface area contributed by atoms with Crippen LogP contribution >= 0.6 is 31.9 Å². The van der Waals surface area contributed by atoms with Gasteiger partial charge in [-0.25, -0.2) is 0 Å². The summed E-state index contributed by atoms with van der Waals surface area (Å²) >= 11 is 6.85. The molecule has 2 rings (SSSR count). The fourth-order valence-corrected chi connectivity index (χ4v) is 3.37. The molecule has 21 heavy (non-hydrogen) atoms. The normalized spacial score (nSPS) is 10.3.